The first-order chi connectivity index (χ1) is 14.3. The summed E-state index contributed by atoms with van der Waals surface area (Å²) >= 11 is 1.14. The van der Waals surface area contributed by atoms with Crippen LogP contribution in [0.1, 0.15) is 13.8 Å². The molecule has 3 heterocycles. The highest BCUT2D eigenvalue weighted by molar-refractivity contribution is 7.94. The predicted octanol–water partition coefficient (Wildman–Crippen LogP) is 3.50. The lowest BCUT2D eigenvalue weighted by Gasteiger charge is -2.37. The Balaban J connectivity index is 1.58. The Labute approximate surface area is 180 Å². The van der Waals surface area contributed by atoms with E-state index in [0.717, 1.165) is 40.7 Å². The van der Waals surface area contributed by atoms with Gasteiger partial charge in [0.05, 0.1) is 16.3 Å². The number of thiophene rings is 1. The van der Waals surface area contributed by atoms with E-state index in [4.69, 9.17) is 0 Å². The van der Waals surface area contributed by atoms with Crippen molar-refractivity contribution in [2.45, 2.75) is 30.1 Å². The van der Waals surface area contributed by atoms with E-state index in [0.29, 0.717) is 12.1 Å². The minimum atomic E-state index is -3.84. The third-order valence-corrected chi connectivity index (χ3v) is 7.88. The number of rotatable bonds is 5. The van der Waals surface area contributed by atoms with Crippen LogP contribution in [0.4, 0.5) is 11.4 Å². The number of phenols is 1. The van der Waals surface area contributed by atoms with E-state index in [2.05, 4.69) is 33.8 Å². The van der Waals surface area contributed by atoms with Gasteiger partial charge in [-0.2, -0.15) is 0 Å². The zero-order valence-electron chi connectivity index (χ0n) is 16.7. The van der Waals surface area contributed by atoms with Gasteiger partial charge in [0.2, 0.25) is 0 Å². The average molecular weight is 445 g/mol. The predicted molar refractivity (Wildman–Crippen MR) is 121 cm³/mol. The van der Waals surface area contributed by atoms with Crippen molar-refractivity contribution >= 4 is 32.7 Å². The molecule has 2 aromatic heterocycles. The lowest BCUT2D eigenvalue weighted by Crippen LogP contribution is -2.54. The molecule has 0 radical (unpaired) electrons. The number of nitrogens with one attached hydrogen (secondary N) is 2. The van der Waals surface area contributed by atoms with Crippen molar-refractivity contribution in [1.82, 2.24) is 10.3 Å². The van der Waals surface area contributed by atoms with Gasteiger partial charge in [0.15, 0.2) is 0 Å². The molecule has 7 nitrogen and oxygen atoms in total. The smallest absolute Gasteiger partial charge is 0.271 e. The summed E-state index contributed by atoms with van der Waals surface area (Å²) in [6.45, 7) is 5.84. The summed E-state index contributed by atoms with van der Waals surface area (Å²) in [6, 6.07) is 14.4. The van der Waals surface area contributed by atoms with E-state index in [9.17, 15) is 13.5 Å². The van der Waals surface area contributed by atoms with Gasteiger partial charge in [-0.25, -0.2) is 8.42 Å². The Bertz CT molecular complexity index is 1120. The third-order valence-electron chi connectivity index (χ3n) is 4.91. The van der Waals surface area contributed by atoms with Gasteiger partial charge in [0.25, 0.3) is 10.0 Å². The lowest BCUT2D eigenvalue weighted by atomic mass is 10.1. The molecule has 0 bridgehead atoms. The second-order valence-electron chi connectivity index (χ2n) is 7.51. The number of hydrogen-bond donors (Lipinski definition) is 3. The second-order valence-corrected chi connectivity index (χ2v) is 10.5. The van der Waals surface area contributed by atoms with E-state index >= 15 is 0 Å². The zero-order chi connectivity index (χ0) is 21.3. The zero-order valence-corrected chi connectivity index (χ0v) is 18.4. The van der Waals surface area contributed by atoms with Crippen LogP contribution in [0, 0.1) is 0 Å². The van der Waals surface area contributed by atoms with Crippen molar-refractivity contribution in [2.75, 3.05) is 22.7 Å². The maximum atomic E-state index is 12.9. The lowest BCUT2D eigenvalue weighted by molar-refractivity contribution is 0.407. The van der Waals surface area contributed by atoms with Crippen LogP contribution in [0.2, 0.25) is 0 Å². The number of aromatic nitrogens is 1. The normalized spacial score (nSPS) is 19.6. The fourth-order valence-electron chi connectivity index (χ4n) is 3.65. The van der Waals surface area contributed by atoms with Gasteiger partial charge in [-0.1, -0.05) is 6.07 Å². The molecule has 9 heteroatoms. The quantitative estimate of drug-likeness (QED) is 0.522. The Morgan fingerprint density at radius 2 is 1.90 bits per heavy atom. The maximum absolute atomic E-state index is 12.9. The Morgan fingerprint density at radius 1 is 1.13 bits per heavy atom. The number of nitrogens with zero attached hydrogens (tertiary/aromatic N) is 2. The SMILES string of the molecule is C[C@@H]1CN(c2ccc(O)c(NS(=O)(=O)c3ccc(-c4ccccn4)s3)c2)C[C@H](C)N1. The van der Waals surface area contributed by atoms with Crippen LogP contribution >= 0.6 is 11.3 Å². The van der Waals surface area contributed by atoms with Crippen LogP contribution < -0.4 is 14.9 Å². The van der Waals surface area contributed by atoms with Gasteiger partial charge in [-0.15, -0.1) is 11.3 Å². The molecule has 0 aliphatic carbocycles. The Kier molecular flexibility index (Phi) is 5.68. The van der Waals surface area contributed by atoms with E-state index in [1.54, 1.807) is 24.4 Å². The van der Waals surface area contributed by atoms with Crippen LogP contribution in [-0.4, -0.2) is 43.7 Å². The number of benzene rings is 1. The average Bonchev–Trinajstić information content (AvgIpc) is 3.21. The van der Waals surface area contributed by atoms with Crippen molar-refractivity contribution in [3.8, 4) is 16.3 Å². The highest BCUT2D eigenvalue weighted by Gasteiger charge is 2.23. The second kappa shape index (κ2) is 8.25. The molecule has 0 spiro atoms. The van der Waals surface area contributed by atoms with Gasteiger partial charge in [-0.3, -0.25) is 9.71 Å². The van der Waals surface area contributed by atoms with Crippen LogP contribution in [0.15, 0.2) is 58.9 Å². The standard InChI is InChI=1S/C21H24N4O3S2/c1-14-12-25(13-15(2)23-14)16-6-7-19(26)18(11-16)24-30(27,28)21-9-8-20(29-21)17-5-3-4-10-22-17/h3-11,14-15,23-24,26H,12-13H2,1-2H3/t14-,15+. The summed E-state index contributed by atoms with van der Waals surface area (Å²) in [6.07, 6.45) is 1.67. The van der Waals surface area contributed by atoms with E-state index in [1.165, 1.54) is 6.07 Å². The number of aromatic hydroxyl groups is 1. The Hall–Kier alpha value is -2.62. The van der Waals surface area contributed by atoms with Crippen molar-refractivity contribution in [3.05, 3.63) is 54.7 Å². The molecular weight excluding hydrogens is 420 g/mol. The largest absolute Gasteiger partial charge is 0.506 e. The van der Waals surface area contributed by atoms with Crippen LogP contribution in [0.25, 0.3) is 10.6 Å². The van der Waals surface area contributed by atoms with Gasteiger partial charge < -0.3 is 15.3 Å². The maximum Gasteiger partial charge on any atom is 0.271 e. The molecule has 30 heavy (non-hydrogen) atoms. The number of phenolic OH excluding ortho intramolecular Hbond substituents is 1. The molecule has 0 amide bonds. The van der Waals surface area contributed by atoms with Crippen molar-refractivity contribution < 1.29 is 13.5 Å². The molecule has 1 aromatic carbocycles. The summed E-state index contributed by atoms with van der Waals surface area (Å²) in [7, 11) is -3.84. The molecular formula is C21H24N4O3S2. The third kappa shape index (κ3) is 4.43. The molecule has 1 aliphatic heterocycles. The minimum absolute atomic E-state index is 0.111. The molecule has 1 saturated heterocycles. The molecule has 3 aromatic rings. The molecule has 4 rings (SSSR count). The summed E-state index contributed by atoms with van der Waals surface area (Å²) in [5, 5.41) is 13.7. The first-order valence-electron chi connectivity index (χ1n) is 9.70. The van der Waals surface area contributed by atoms with E-state index in [-0.39, 0.29) is 15.6 Å². The number of pyridine rings is 1. The molecule has 1 aliphatic rings. The van der Waals surface area contributed by atoms with Crippen molar-refractivity contribution in [3.63, 3.8) is 0 Å². The van der Waals surface area contributed by atoms with Crippen LogP contribution in [0.5, 0.6) is 5.75 Å². The van der Waals surface area contributed by atoms with E-state index < -0.39 is 10.0 Å². The summed E-state index contributed by atoms with van der Waals surface area (Å²) in [5.74, 6) is -0.111. The topological polar surface area (TPSA) is 94.6 Å². The molecule has 0 saturated carbocycles. The van der Waals surface area contributed by atoms with Gasteiger partial charge in [0, 0.05) is 37.1 Å². The molecule has 1 fully saturated rings. The van der Waals surface area contributed by atoms with Gasteiger partial charge >= 0.3 is 0 Å². The number of sulfonamides is 1. The van der Waals surface area contributed by atoms with Gasteiger partial charge in [0.1, 0.15) is 9.96 Å². The molecule has 2 atom stereocenters. The van der Waals surface area contributed by atoms with Crippen LogP contribution in [-0.2, 0) is 10.0 Å². The van der Waals surface area contributed by atoms with Crippen molar-refractivity contribution in [2.24, 2.45) is 0 Å². The van der Waals surface area contributed by atoms with Gasteiger partial charge in [-0.05, 0) is 56.3 Å². The minimum Gasteiger partial charge on any atom is -0.506 e. The fourth-order valence-corrected chi connectivity index (χ4v) is 5.99. The first-order valence-corrected chi connectivity index (χ1v) is 12.0. The van der Waals surface area contributed by atoms with Crippen LogP contribution in [0.3, 0.4) is 0 Å². The van der Waals surface area contributed by atoms with Crippen molar-refractivity contribution in [1.29, 1.82) is 0 Å². The molecule has 158 valence electrons. The number of hydrogen-bond acceptors (Lipinski definition) is 7. The monoisotopic (exact) mass is 444 g/mol. The summed E-state index contributed by atoms with van der Waals surface area (Å²) < 4.78 is 28.6. The number of anilines is 2. The number of piperazine rings is 1. The molecule has 3 N–H and O–H groups in total. The molecule has 0 unspecified atom stereocenters. The Morgan fingerprint density at radius 3 is 2.60 bits per heavy atom. The first kappa shape index (κ1) is 20.6. The fraction of sp³-hybridized carbons (Fsp3) is 0.286. The highest BCUT2D eigenvalue weighted by Crippen LogP contribution is 2.34. The highest BCUT2D eigenvalue weighted by atomic mass is 32.2. The summed E-state index contributed by atoms with van der Waals surface area (Å²) in [4.78, 5) is 7.21. The summed E-state index contributed by atoms with van der Waals surface area (Å²) in [5.41, 5.74) is 1.75. The van der Waals surface area contributed by atoms with E-state index in [1.807, 2.05) is 24.3 Å².